The minimum atomic E-state index is -3.70. The SMILES string of the molecule is CCOc1cc(/C=N\NC(=O)[C@@H](C)N(c2ccccc2)S(C)(=O)=O)ccc1OCc1ccc(Cl)cc1. The van der Waals surface area contributed by atoms with Crippen molar-refractivity contribution < 1.29 is 22.7 Å². The number of hydrogen-bond donors (Lipinski definition) is 1. The van der Waals surface area contributed by atoms with Gasteiger partial charge in [0.1, 0.15) is 12.6 Å². The van der Waals surface area contributed by atoms with Crippen molar-refractivity contribution in [2.75, 3.05) is 17.2 Å². The molecule has 1 atom stereocenters. The number of hydrazone groups is 1. The molecule has 0 bridgehead atoms. The van der Waals surface area contributed by atoms with E-state index in [1.165, 1.54) is 13.1 Å². The predicted molar refractivity (Wildman–Crippen MR) is 142 cm³/mol. The van der Waals surface area contributed by atoms with Crippen molar-refractivity contribution in [1.82, 2.24) is 5.43 Å². The summed E-state index contributed by atoms with van der Waals surface area (Å²) in [6, 6.07) is 20.0. The first kappa shape index (κ1) is 27.0. The summed E-state index contributed by atoms with van der Waals surface area (Å²) in [6.07, 6.45) is 2.50. The molecule has 190 valence electrons. The zero-order valence-electron chi connectivity index (χ0n) is 20.2. The molecule has 0 fully saturated rings. The minimum absolute atomic E-state index is 0.344. The van der Waals surface area contributed by atoms with Crippen LogP contribution in [-0.4, -0.2) is 39.4 Å². The second-order valence-corrected chi connectivity index (χ2v) is 10.2. The molecular weight excluding hydrogens is 502 g/mol. The molecule has 3 aromatic carbocycles. The summed E-state index contributed by atoms with van der Waals surface area (Å²) in [5, 5.41) is 4.65. The van der Waals surface area contributed by atoms with Crippen LogP contribution in [0.15, 0.2) is 77.9 Å². The summed E-state index contributed by atoms with van der Waals surface area (Å²) in [5.41, 5.74) is 4.42. The molecule has 3 rings (SSSR count). The van der Waals surface area contributed by atoms with E-state index in [0.717, 1.165) is 16.1 Å². The highest BCUT2D eigenvalue weighted by atomic mass is 35.5. The maximum absolute atomic E-state index is 12.7. The van der Waals surface area contributed by atoms with E-state index in [9.17, 15) is 13.2 Å². The molecule has 36 heavy (non-hydrogen) atoms. The number of anilines is 1. The lowest BCUT2D eigenvalue weighted by Gasteiger charge is -2.27. The van der Waals surface area contributed by atoms with Crippen LogP contribution < -0.4 is 19.2 Å². The quantitative estimate of drug-likeness (QED) is 0.289. The van der Waals surface area contributed by atoms with Crippen molar-refractivity contribution in [2.24, 2.45) is 5.10 Å². The maximum Gasteiger partial charge on any atom is 0.263 e. The van der Waals surface area contributed by atoms with Gasteiger partial charge in [0.25, 0.3) is 5.91 Å². The number of amides is 1. The van der Waals surface area contributed by atoms with Gasteiger partial charge >= 0.3 is 0 Å². The number of sulfonamides is 1. The van der Waals surface area contributed by atoms with Gasteiger partial charge in [-0.05, 0) is 67.4 Å². The maximum atomic E-state index is 12.7. The van der Waals surface area contributed by atoms with Crippen LogP contribution in [0.1, 0.15) is 25.0 Å². The Kier molecular flexibility index (Phi) is 9.32. The molecule has 0 radical (unpaired) electrons. The monoisotopic (exact) mass is 529 g/mol. The number of carbonyl (C=O) groups is 1. The molecule has 0 aliphatic carbocycles. The van der Waals surface area contributed by atoms with E-state index in [1.54, 1.807) is 60.7 Å². The number of nitrogens with one attached hydrogen (secondary N) is 1. The van der Waals surface area contributed by atoms with E-state index in [-0.39, 0.29) is 0 Å². The second-order valence-electron chi connectivity index (χ2n) is 7.86. The van der Waals surface area contributed by atoms with Crippen molar-refractivity contribution in [2.45, 2.75) is 26.5 Å². The Balaban J connectivity index is 1.68. The smallest absolute Gasteiger partial charge is 0.263 e. The van der Waals surface area contributed by atoms with E-state index in [1.807, 2.05) is 19.1 Å². The van der Waals surface area contributed by atoms with Crippen LogP contribution >= 0.6 is 11.6 Å². The Morgan fingerprint density at radius 1 is 1.06 bits per heavy atom. The summed E-state index contributed by atoms with van der Waals surface area (Å²) in [6.45, 7) is 4.15. The minimum Gasteiger partial charge on any atom is -0.490 e. The van der Waals surface area contributed by atoms with E-state index in [0.29, 0.717) is 41.0 Å². The molecular formula is C26H28ClN3O5S. The van der Waals surface area contributed by atoms with Crippen LogP contribution in [0.25, 0.3) is 0 Å². The zero-order valence-corrected chi connectivity index (χ0v) is 21.8. The average Bonchev–Trinajstić information content (AvgIpc) is 2.84. The highest BCUT2D eigenvalue weighted by molar-refractivity contribution is 7.92. The summed E-state index contributed by atoms with van der Waals surface area (Å²) in [7, 11) is -3.70. The van der Waals surface area contributed by atoms with E-state index in [4.69, 9.17) is 21.1 Å². The average molecular weight is 530 g/mol. The third-order valence-corrected chi connectivity index (χ3v) is 6.56. The van der Waals surface area contributed by atoms with Crippen molar-refractivity contribution in [3.05, 3.63) is 88.9 Å². The molecule has 0 saturated heterocycles. The van der Waals surface area contributed by atoms with Gasteiger partial charge in [0.05, 0.1) is 24.8 Å². The Bertz CT molecular complexity index is 1300. The molecule has 3 aromatic rings. The molecule has 0 spiro atoms. The van der Waals surface area contributed by atoms with E-state index < -0.39 is 22.0 Å². The lowest BCUT2D eigenvalue weighted by atomic mass is 10.2. The van der Waals surface area contributed by atoms with Crippen molar-refractivity contribution >= 4 is 39.4 Å². The fraction of sp³-hybridized carbons (Fsp3) is 0.231. The van der Waals surface area contributed by atoms with Crippen molar-refractivity contribution in [1.29, 1.82) is 0 Å². The highest BCUT2D eigenvalue weighted by Crippen LogP contribution is 2.29. The first-order valence-corrected chi connectivity index (χ1v) is 13.4. The van der Waals surface area contributed by atoms with Crippen molar-refractivity contribution in [3.8, 4) is 11.5 Å². The summed E-state index contributed by atoms with van der Waals surface area (Å²) in [5.74, 6) is 0.518. The van der Waals surface area contributed by atoms with Gasteiger partial charge < -0.3 is 9.47 Å². The van der Waals surface area contributed by atoms with Crippen LogP contribution in [0.4, 0.5) is 5.69 Å². The Hall–Kier alpha value is -3.56. The molecule has 10 heteroatoms. The highest BCUT2D eigenvalue weighted by Gasteiger charge is 2.28. The normalized spacial score (nSPS) is 12.2. The Morgan fingerprint density at radius 3 is 2.39 bits per heavy atom. The fourth-order valence-electron chi connectivity index (χ4n) is 3.38. The van der Waals surface area contributed by atoms with Crippen LogP contribution in [0.3, 0.4) is 0 Å². The molecule has 0 unspecified atom stereocenters. The summed E-state index contributed by atoms with van der Waals surface area (Å²) in [4.78, 5) is 12.7. The van der Waals surface area contributed by atoms with Crippen LogP contribution in [0, 0.1) is 0 Å². The number of benzene rings is 3. The molecule has 0 aliphatic heterocycles. The Morgan fingerprint density at radius 2 is 1.75 bits per heavy atom. The van der Waals surface area contributed by atoms with E-state index >= 15 is 0 Å². The molecule has 8 nitrogen and oxygen atoms in total. The molecule has 0 aromatic heterocycles. The Labute approximate surface area is 216 Å². The van der Waals surface area contributed by atoms with Gasteiger partial charge in [-0.25, -0.2) is 13.8 Å². The van der Waals surface area contributed by atoms with Gasteiger partial charge in [-0.3, -0.25) is 9.10 Å². The second kappa shape index (κ2) is 12.4. The van der Waals surface area contributed by atoms with Crippen LogP contribution in [0.2, 0.25) is 5.02 Å². The number of rotatable bonds is 11. The van der Waals surface area contributed by atoms with Gasteiger partial charge in [0.15, 0.2) is 11.5 Å². The van der Waals surface area contributed by atoms with Crippen molar-refractivity contribution in [3.63, 3.8) is 0 Å². The van der Waals surface area contributed by atoms with Gasteiger partial charge in [-0.15, -0.1) is 0 Å². The summed E-state index contributed by atoms with van der Waals surface area (Å²) >= 11 is 5.93. The fourth-order valence-corrected chi connectivity index (χ4v) is 4.68. The number of hydrogen-bond acceptors (Lipinski definition) is 6. The van der Waals surface area contributed by atoms with Crippen LogP contribution in [-0.2, 0) is 21.4 Å². The lowest BCUT2D eigenvalue weighted by molar-refractivity contribution is -0.121. The molecule has 1 N–H and O–H groups in total. The third-order valence-electron chi connectivity index (χ3n) is 5.06. The molecule has 0 aliphatic rings. The molecule has 0 heterocycles. The van der Waals surface area contributed by atoms with E-state index in [2.05, 4.69) is 10.5 Å². The third kappa shape index (κ3) is 7.47. The standard InChI is InChI=1S/C26H28ClN3O5S/c1-4-34-25-16-21(12-15-24(25)35-18-20-10-13-22(27)14-11-20)17-28-29-26(31)19(2)30(36(3,32)33)23-8-6-5-7-9-23/h5-17,19H,4,18H2,1-3H3,(H,29,31)/b28-17-/t19-/m1/s1. The van der Waals surface area contributed by atoms with Gasteiger partial charge in [0.2, 0.25) is 10.0 Å². The molecule has 0 saturated carbocycles. The largest absolute Gasteiger partial charge is 0.490 e. The van der Waals surface area contributed by atoms with Crippen LogP contribution in [0.5, 0.6) is 11.5 Å². The summed E-state index contributed by atoms with van der Waals surface area (Å²) < 4.78 is 37.3. The molecule has 1 amide bonds. The van der Waals surface area contributed by atoms with Gasteiger partial charge in [-0.2, -0.15) is 5.10 Å². The first-order chi connectivity index (χ1) is 17.2. The number of ether oxygens (including phenoxy) is 2. The van der Waals surface area contributed by atoms with Gasteiger partial charge in [-0.1, -0.05) is 41.9 Å². The number of halogens is 1. The predicted octanol–water partition coefficient (Wildman–Crippen LogP) is 4.62. The number of nitrogens with zero attached hydrogens (tertiary/aromatic N) is 2. The zero-order chi connectivity index (χ0) is 26.1. The first-order valence-electron chi connectivity index (χ1n) is 11.2. The topological polar surface area (TPSA) is 97.3 Å². The number of carbonyl (C=O) groups excluding carboxylic acids is 1. The van der Waals surface area contributed by atoms with Gasteiger partial charge in [0, 0.05) is 5.02 Å². The number of para-hydroxylation sites is 1. The lowest BCUT2D eigenvalue weighted by Crippen LogP contribution is -2.46.